The number of aromatic nitrogens is 1. The second-order valence-electron chi connectivity index (χ2n) is 2.35. The van der Waals surface area contributed by atoms with Gasteiger partial charge in [-0.1, -0.05) is 6.07 Å². The molecule has 0 fully saturated rings. The van der Waals surface area contributed by atoms with Crippen molar-refractivity contribution in [2.24, 2.45) is 0 Å². The molecular formula is C9H7NOS. The molecule has 0 aromatic carbocycles. The molecule has 0 saturated carbocycles. The molecule has 0 atom stereocenters. The molecule has 2 aromatic heterocycles. The number of hydrogen-bond donors (Lipinski definition) is 1. The third-order valence-corrected chi connectivity index (χ3v) is 2.47. The summed E-state index contributed by atoms with van der Waals surface area (Å²) in [5.41, 5.74) is 0.824. The van der Waals surface area contributed by atoms with Gasteiger partial charge in [-0.3, -0.25) is 4.98 Å². The fourth-order valence-electron chi connectivity index (χ4n) is 0.991. The molecule has 1 N–H and O–H groups in total. The van der Waals surface area contributed by atoms with Crippen LogP contribution in [0.25, 0.3) is 10.6 Å². The Morgan fingerprint density at radius 2 is 2.17 bits per heavy atom. The minimum Gasteiger partial charge on any atom is -0.506 e. The van der Waals surface area contributed by atoms with Gasteiger partial charge in [0.15, 0.2) is 0 Å². The van der Waals surface area contributed by atoms with Crippen LogP contribution in [0.3, 0.4) is 0 Å². The van der Waals surface area contributed by atoms with Gasteiger partial charge in [0.2, 0.25) is 0 Å². The van der Waals surface area contributed by atoms with Gasteiger partial charge in [0.1, 0.15) is 5.75 Å². The number of hydrogen-bond acceptors (Lipinski definition) is 3. The summed E-state index contributed by atoms with van der Waals surface area (Å²) in [6.45, 7) is 0. The van der Waals surface area contributed by atoms with Gasteiger partial charge in [0.05, 0.1) is 10.6 Å². The van der Waals surface area contributed by atoms with Crippen molar-refractivity contribution in [3.63, 3.8) is 0 Å². The molecule has 0 aliphatic rings. The summed E-state index contributed by atoms with van der Waals surface area (Å²) in [7, 11) is 0. The lowest BCUT2D eigenvalue weighted by molar-refractivity contribution is 0.479. The van der Waals surface area contributed by atoms with Crippen molar-refractivity contribution >= 4 is 11.3 Å². The van der Waals surface area contributed by atoms with Crippen LogP contribution in [0.2, 0.25) is 0 Å². The minimum atomic E-state index is 0.304. The third-order valence-electron chi connectivity index (χ3n) is 1.54. The van der Waals surface area contributed by atoms with E-state index in [-0.39, 0.29) is 0 Å². The molecule has 12 heavy (non-hydrogen) atoms. The second kappa shape index (κ2) is 2.95. The topological polar surface area (TPSA) is 33.1 Å². The molecule has 0 unspecified atom stereocenters. The molecule has 0 saturated heterocycles. The van der Waals surface area contributed by atoms with Gasteiger partial charge in [0.25, 0.3) is 0 Å². The Morgan fingerprint density at radius 1 is 1.25 bits per heavy atom. The summed E-state index contributed by atoms with van der Waals surface area (Å²) in [6, 6.07) is 7.32. The average Bonchev–Trinajstić information content (AvgIpc) is 2.53. The van der Waals surface area contributed by atoms with E-state index in [2.05, 4.69) is 4.98 Å². The van der Waals surface area contributed by atoms with Crippen molar-refractivity contribution in [2.45, 2.75) is 0 Å². The number of nitrogens with zero attached hydrogens (tertiary/aromatic N) is 1. The zero-order valence-electron chi connectivity index (χ0n) is 6.27. The van der Waals surface area contributed by atoms with Crippen molar-refractivity contribution in [3.05, 3.63) is 35.8 Å². The maximum Gasteiger partial charge on any atom is 0.135 e. The first-order valence-electron chi connectivity index (χ1n) is 3.56. The van der Waals surface area contributed by atoms with E-state index in [1.165, 1.54) is 11.3 Å². The molecule has 2 aromatic rings. The summed E-state index contributed by atoms with van der Waals surface area (Å²) in [6.07, 6.45) is 1.72. The van der Waals surface area contributed by atoms with E-state index >= 15 is 0 Å². The predicted octanol–water partition coefficient (Wildman–Crippen LogP) is 2.52. The largest absolute Gasteiger partial charge is 0.506 e. The average molecular weight is 177 g/mol. The zero-order valence-corrected chi connectivity index (χ0v) is 7.08. The summed E-state index contributed by atoms with van der Waals surface area (Å²) >= 11 is 1.49. The van der Waals surface area contributed by atoms with Crippen molar-refractivity contribution < 1.29 is 5.11 Å². The van der Waals surface area contributed by atoms with Crippen LogP contribution in [-0.4, -0.2) is 10.1 Å². The van der Waals surface area contributed by atoms with Crippen molar-refractivity contribution in [3.8, 4) is 16.3 Å². The van der Waals surface area contributed by atoms with E-state index in [1.807, 2.05) is 23.6 Å². The van der Waals surface area contributed by atoms with Crippen LogP contribution in [-0.2, 0) is 0 Å². The van der Waals surface area contributed by atoms with Crippen LogP contribution in [0, 0.1) is 0 Å². The van der Waals surface area contributed by atoms with E-state index in [0.717, 1.165) is 10.6 Å². The van der Waals surface area contributed by atoms with Gasteiger partial charge >= 0.3 is 0 Å². The fourth-order valence-corrected chi connectivity index (χ4v) is 1.75. The molecule has 0 amide bonds. The lowest BCUT2D eigenvalue weighted by Crippen LogP contribution is -1.76. The number of pyridine rings is 1. The molecule has 2 heterocycles. The van der Waals surface area contributed by atoms with Crippen LogP contribution in [0.5, 0.6) is 5.75 Å². The highest BCUT2D eigenvalue weighted by Gasteiger charge is 2.04. The summed E-state index contributed by atoms with van der Waals surface area (Å²) in [4.78, 5) is 4.96. The van der Waals surface area contributed by atoms with Crippen LogP contribution < -0.4 is 0 Å². The van der Waals surface area contributed by atoms with Gasteiger partial charge in [-0.25, -0.2) is 0 Å². The highest BCUT2D eigenvalue weighted by atomic mass is 32.1. The smallest absolute Gasteiger partial charge is 0.135 e. The summed E-state index contributed by atoms with van der Waals surface area (Å²) in [5.74, 6) is 0.304. The second-order valence-corrected chi connectivity index (χ2v) is 3.27. The minimum absolute atomic E-state index is 0.304. The number of thiophene rings is 1. The summed E-state index contributed by atoms with van der Waals surface area (Å²) < 4.78 is 0. The van der Waals surface area contributed by atoms with Crippen LogP contribution in [0.15, 0.2) is 35.8 Å². The molecule has 2 nitrogen and oxygen atoms in total. The van der Waals surface area contributed by atoms with E-state index in [4.69, 9.17) is 0 Å². The molecule has 0 aliphatic carbocycles. The van der Waals surface area contributed by atoms with E-state index in [0.29, 0.717) is 5.75 Å². The lowest BCUT2D eigenvalue weighted by Gasteiger charge is -1.95. The molecule has 0 radical (unpaired) electrons. The Hall–Kier alpha value is -1.35. The Bertz CT molecular complexity index is 369. The Morgan fingerprint density at radius 3 is 2.75 bits per heavy atom. The fraction of sp³-hybridized carbons (Fsp3) is 0. The molecule has 3 heteroatoms. The van der Waals surface area contributed by atoms with Crippen molar-refractivity contribution in [1.82, 2.24) is 4.98 Å². The first-order valence-corrected chi connectivity index (χ1v) is 4.44. The SMILES string of the molecule is Oc1ccsc1-c1ccccn1. The third kappa shape index (κ3) is 1.19. The van der Waals surface area contributed by atoms with E-state index < -0.39 is 0 Å². The molecular weight excluding hydrogens is 170 g/mol. The first kappa shape index (κ1) is 7.31. The normalized spacial score (nSPS) is 10.0. The van der Waals surface area contributed by atoms with Crippen molar-refractivity contribution in [2.75, 3.05) is 0 Å². The van der Waals surface area contributed by atoms with Crippen LogP contribution in [0.1, 0.15) is 0 Å². The van der Waals surface area contributed by atoms with Crippen molar-refractivity contribution in [1.29, 1.82) is 0 Å². The van der Waals surface area contributed by atoms with Crippen LogP contribution >= 0.6 is 11.3 Å². The zero-order chi connectivity index (χ0) is 8.39. The molecule has 2 rings (SSSR count). The Labute approximate surface area is 74.1 Å². The molecule has 0 bridgehead atoms. The maximum atomic E-state index is 9.37. The highest BCUT2D eigenvalue weighted by molar-refractivity contribution is 7.13. The van der Waals surface area contributed by atoms with E-state index in [1.54, 1.807) is 12.3 Å². The van der Waals surface area contributed by atoms with Gasteiger partial charge < -0.3 is 5.11 Å². The standard InChI is InChI=1S/C9H7NOS/c11-8-4-6-12-9(8)7-3-1-2-5-10-7/h1-6,11H. The lowest BCUT2D eigenvalue weighted by atomic mass is 10.3. The molecule has 0 aliphatic heterocycles. The van der Waals surface area contributed by atoms with Gasteiger partial charge in [-0.05, 0) is 23.6 Å². The van der Waals surface area contributed by atoms with Gasteiger partial charge in [-0.2, -0.15) is 0 Å². The molecule has 0 spiro atoms. The Balaban J connectivity index is 2.51. The first-order chi connectivity index (χ1) is 5.88. The maximum absolute atomic E-state index is 9.37. The van der Waals surface area contributed by atoms with Gasteiger partial charge in [0, 0.05) is 6.20 Å². The van der Waals surface area contributed by atoms with E-state index in [9.17, 15) is 5.11 Å². The Kier molecular flexibility index (Phi) is 1.80. The molecule has 60 valence electrons. The number of aromatic hydroxyl groups is 1. The van der Waals surface area contributed by atoms with Gasteiger partial charge in [-0.15, -0.1) is 11.3 Å². The summed E-state index contributed by atoms with van der Waals surface area (Å²) in [5, 5.41) is 11.2. The van der Waals surface area contributed by atoms with Crippen LogP contribution in [0.4, 0.5) is 0 Å². The highest BCUT2D eigenvalue weighted by Crippen LogP contribution is 2.32. The monoisotopic (exact) mass is 177 g/mol. The predicted molar refractivity (Wildman–Crippen MR) is 49.2 cm³/mol. The quantitative estimate of drug-likeness (QED) is 0.726. The number of rotatable bonds is 1.